The average Bonchev–Trinajstić information content (AvgIpc) is 2.59. The van der Waals surface area contributed by atoms with Crippen LogP contribution in [0, 0.1) is 21.4 Å². The molecule has 0 spiro atoms. The number of benzene rings is 1. The van der Waals surface area contributed by atoms with Crippen LogP contribution in [0.3, 0.4) is 0 Å². The summed E-state index contributed by atoms with van der Waals surface area (Å²) in [6, 6.07) is 6.76. The second-order valence-electron chi connectivity index (χ2n) is 4.82. The van der Waals surface area contributed by atoms with Crippen molar-refractivity contribution in [3.05, 3.63) is 55.9 Å². The molecule has 2 rings (SSSR count). The van der Waals surface area contributed by atoms with Crippen molar-refractivity contribution in [2.24, 2.45) is 0 Å². The number of nitrogens with two attached hydrogens (primary N) is 2. The summed E-state index contributed by atoms with van der Waals surface area (Å²) in [7, 11) is 0. The van der Waals surface area contributed by atoms with Crippen molar-refractivity contribution < 1.29 is 14.5 Å². The molecular formula is C15H13N5O5. The lowest BCUT2D eigenvalue weighted by Gasteiger charge is -2.14. The van der Waals surface area contributed by atoms with Crippen molar-refractivity contribution in [3.8, 4) is 17.2 Å². The van der Waals surface area contributed by atoms with E-state index in [9.17, 15) is 25.0 Å². The van der Waals surface area contributed by atoms with Crippen molar-refractivity contribution in [2.75, 3.05) is 18.2 Å². The molecule has 4 N–H and O–H groups in total. The standard InChI is InChI=1S/C15H13N5O5/c1-2-25-15(22)12-11(8-3-5-9(6-4-8)20(23)24)10(7-16)13(17)19(18)14(12)21/h3-6H,2,17-18H2,1H3. The van der Waals surface area contributed by atoms with E-state index in [0.29, 0.717) is 4.68 Å². The minimum atomic E-state index is -0.975. The van der Waals surface area contributed by atoms with Crippen LogP contribution in [0.2, 0.25) is 0 Å². The van der Waals surface area contributed by atoms with Gasteiger partial charge in [-0.15, -0.1) is 0 Å². The Morgan fingerprint density at radius 1 is 1.40 bits per heavy atom. The van der Waals surface area contributed by atoms with Gasteiger partial charge in [0.25, 0.3) is 11.2 Å². The molecule has 0 aliphatic carbocycles. The van der Waals surface area contributed by atoms with Gasteiger partial charge in [-0.25, -0.2) is 9.47 Å². The van der Waals surface area contributed by atoms with Gasteiger partial charge < -0.3 is 16.3 Å². The van der Waals surface area contributed by atoms with Gasteiger partial charge in [0.15, 0.2) is 0 Å². The van der Waals surface area contributed by atoms with Crippen LogP contribution < -0.4 is 17.1 Å². The number of carbonyl (C=O) groups is 1. The largest absolute Gasteiger partial charge is 0.462 e. The van der Waals surface area contributed by atoms with Crippen LogP contribution in [-0.4, -0.2) is 22.2 Å². The number of nitrogens with zero attached hydrogens (tertiary/aromatic N) is 3. The van der Waals surface area contributed by atoms with E-state index in [1.54, 1.807) is 13.0 Å². The fourth-order valence-corrected chi connectivity index (χ4v) is 2.25. The Morgan fingerprint density at radius 2 is 2.00 bits per heavy atom. The molecule has 0 bridgehead atoms. The molecular weight excluding hydrogens is 330 g/mol. The maximum Gasteiger partial charge on any atom is 0.344 e. The smallest absolute Gasteiger partial charge is 0.344 e. The van der Waals surface area contributed by atoms with Crippen LogP contribution in [0.15, 0.2) is 29.1 Å². The van der Waals surface area contributed by atoms with Gasteiger partial charge in [-0.3, -0.25) is 14.9 Å². The molecule has 10 heteroatoms. The Labute approximate surface area is 141 Å². The number of nitro benzene ring substituents is 1. The van der Waals surface area contributed by atoms with E-state index in [-0.39, 0.29) is 34.8 Å². The van der Waals surface area contributed by atoms with Gasteiger partial charge in [-0.05, 0) is 24.6 Å². The Bertz CT molecular complexity index is 956. The van der Waals surface area contributed by atoms with E-state index >= 15 is 0 Å². The number of carbonyl (C=O) groups excluding carboxylic acids is 1. The molecule has 0 aliphatic heterocycles. The van der Waals surface area contributed by atoms with Gasteiger partial charge in [-0.2, -0.15) is 5.26 Å². The van der Waals surface area contributed by atoms with E-state index in [1.807, 2.05) is 0 Å². The molecule has 0 fully saturated rings. The summed E-state index contributed by atoms with van der Waals surface area (Å²) >= 11 is 0. The van der Waals surface area contributed by atoms with Crippen molar-refractivity contribution >= 4 is 17.5 Å². The molecule has 0 saturated carbocycles. The highest BCUT2D eigenvalue weighted by Crippen LogP contribution is 2.30. The molecule has 128 valence electrons. The number of hydrogen-bond acceptors (Lipinski definition) is 8. The van der Waals surface area contributed by atoms with E-state index in [0.717, 1.165) is 0 Å². The van der Waals surface area contributed by atoms with Crippen LogP contribution in [0.25, 0.3) is 11.1 Å². The fraction of sp³-hybridized carbons (Fsp3) is 0.133. The Balaban J connectivity index is 2.87. The predicted octanol–water partition coefficient (Wildman–Crippen LogP) is 0.768. The molecule has 10 nitrogen and oxygen atoms in total. The normalized spacial score (nSPS) is 10.1. The molecule has 1 aromatic carbocycles. The van der Waals surface area contributed by atoms with Gasteiger partial charge >= 0.3 is 5.97 Å². The quantitative estimate of drug-likeness (QED) is 0.355. The highest BCUT2D eigenvalue weighted by Gasteiger charge is 2.26. The van der Waals surface area contributed by atoms with E-state index < -0.39 is 22.0 Å². The van der Waals surface area contributed by atoms with Crippen molar-refractivity contribution in [2.45, 2.75) is 6.92 Å². The number of ether oxygens (including phenoxy) is 1. The fourth-order valence-electron chi connectivity index (χ4n) is 2.25. The number of nitriles is 1. The SMILES string of the molecule is CCOC(=O)c1c(-c2ccc([N+](=O)[O-])cc2)c(C#N)c(N)n(N)c1=O. The predicted molar refractivity (Wildman–Crippen MR) is 88.0 cm³/mol. The number of non-ortho nitro benzene ring substituents is 1. The zero-order chi connectivity index (χ0) is 18.7. The lowest BCUT2D eigenvalue weighted by atomic mass is 9.96. The zero-order valence-electron chi connectivity index (χ0n) is 13.1. The second-order valence-corrected chi connectivity index (χ2v) is 4.82. The van der Waals surface area contributed by atoms with Crippen LogP contribution in [-0.2, 0) is 4.74 Å². The highest BCUT2D eigenvalue weighted by atomic mass is 16.6. The number of aromatic nitrogens is 1. The number of nitro groups is 1. The minimum Gasteiger partial charge on any atom is -0.462 e. The van der Waals surface area contributed by atoms with Crippen molar-refractivity contribution in [1.82, 2.24) is 4.68 Å². The topological polar surface area (TPSA) is 167 Å². The first-order valence-electron chi connectivity index (χ1n) is 6.99. The van der Waals surface area contributed by atoms with E-state index in [2.05, 4.69) is 0 Å². The summed E-state index contributed by atoms with van der Waals surface area (Å²) in [5.41, 5.74) is 4.03. The number of pyridine rings is 1. The number of rotatable bonds is 4. The molecule has 0 atom stereocenters. The highest BCUT2D eigenvalue weighted by molar-refractivity contribution is 5.99. The first-order chi connectivity index (χ1) is 11.8. The first kappa shape index (κ1) is 17.5. The van der Waals surface area contributed by atoms with Gasteiger partial charge in [0.2, 0.25) is 0 Å². The number of hydrogen-bond donors (Lipinski definition) is 2. The monoisotopic (exact) mass is 343 g/mol. The van der Waals surface area contributed by atoms with E-state index in [1.165, 1.54) is 24.3 Å². The van der Waals surface area contributed by atoms with Crippen LogP contribution in [0.5, 0.6) is 0 Å². The Morgan fingerprint density at radius 3 is 2.48 bits per heavy atom. The maximum absolute atomic E-state index is 12.4. The summed E-state index contributed by atoms with van der Waals surface area (Å²) in [5, 5.41) is 20.2. The first-order valence-corrected chi connectivity index (χ1v) is 6.99. The van der Waals surface area contributed by atoms with Crippen molar-refractivity contribution in [3.63, 3.8) is 0 Å². The lowest BCUT2D eigenvalue weighted by molar-refractivity contribution is -0.384. The molecule has 1 heterocycles. The van der Waals surface area contributed by atoms with Crippen molar-refractivity contribution in [1.29, 1.82) is 5.26 Å². The molecule has 0 saturated heterocycles. The molecule has 0 amide bonds. The Kier molecular flexibility index (Phi) is 4.69. The summed E-state index contributed by atoms with van der Waals surface area (Å²) in [6.07, 6.45) is 0. The van der Waals surface area contributed by atoms with Gasteiger partial charge in [-0.1, -0.05) is 0 Å². The molecule has 0 radical (unpaired) electrons. The molecule has 0 unspecified atom stereocenters. The molecule has 0 aliphatic rings. The maximum atomic E-state index is 12.4. The second kappa shape index (κ2) is 6.71. The molecule has 1 aromatic heterocycles. The lowest BCUT2D eigenvalue weighted by Crippen LogP contribution is -2.36. The third kappa shape index (κ3) is 2.98. The summed E-state index contributed by atoms with van der Waals surface area (Å²) < 4.78 is 5.35. The minimum absolute atomic E-state index is 0.00515. The number of anilines is 1. The molecule has 2 aromatic rings. The molecule has 25 heavy (non-hydrogen) atoms. The summed E-state index contributed by atoms with van der Waals surface area (Å²) in [5.74, 6) is 4.22. The zero-order valence-corrected chi connectivity index (χ0v) is 13.1. The average molecular weight is 343 g/mol. The van der Waals surface area contributed by atoms with Gasteiger partial charge in [0, 0.05) is 17.7 Å². The third-order valence-corrected chi connectivity index (χ3v) is 3.41. The van der Waals surface area contributed by atoms with Crippen LogP contribution in [0.4, 0.5) is 11.5 Å². The number of esters is 1. The number of nitrogen functional groups attached to an aromatic ring is 2. The third-order valence-electron chi connectivity index (χ3n) is 3.41. The summed E-state index contributed by atoms with van der Waals surface area (Å²) in [6.45, 7) is 1.54. The van der Waals surface area contributed by atoms with Gasteiger partial charge in [0.05, 0.1) is 11.5 Å². The Hall–Kier alpha value is -3.87. The van der Waals surface area contributed by atoms with E-state index in [4.69, 9.17) is 16.3 Å². The summed E-state index contributed by atoms with van der Waals surface area (Å²) in [4.78, 5) is 34.8. The van der Waals surface area contributed by atoms with Crippen LogP contribution >= 0.6 is 0 Å². The van der Waals surface area contributed by atoms with Gasteiger partial charge in [0.1, 0.15) is 23.0 Å². The van der Waals surface area contributed by atoms with Crippen LogP contribution in [0.1, 0.15) is 22.8 Å².